The lowest BCUT2D eigenvalue weighted by molar-refractivity contribution is -0.138. The summed E-state index contributed by atoms with van der Waals surface area (Å²) >= 11 is 0. The number of carboxylic acids is 1. The van der Waals surface area contributed by atoms with Gasteiger partial charge in [-0.25, -0.2) is 0 Å². The largest absolute Gasteiger partial charge is 0.480 e. The van der Waals surface area contributed by atoms with Crippen molar-refractivity contribution < 1.29 is 14.6 Å². The molecule has 0 radical (unpaired) electrons. The minimum atomic E-state index is -0.772. The summed E-state index contributed by atoms with van der Waals surface area (Å²) in [4.78, 5) is 14.9. The maximum Gasteiger partial charge on any atom is 0.317 e. The summed E-state index contributed by atoms with van der Waals surface area (Å²) in [5, 5.41) is 8.93. The van der Waals surface area contributed by atoms with Crippen LogP contribution in [0.3, 0.4) is 0 Å². The lowest BCUT2D eigenvalue weighted by atomic mass is 10.1. The smallest absolute Gasteiger partial charge is 0.317 e. The Morgan fingerprint density at radius 2 is 2.06 bits per heavy atom. The van der Waals surface area contributed by atoms with E-state index in [4.69, 9.17) is 9.84 Å². The van der Waals surface area contributed by atoms with Gasteiger partial charge in [-0.05, 0) is 40.8 Å². The summed E-state index contributed by atoms with van der Waals surface area (Å²) < 4.78 is 5.92. The Kier molecular flexibility index (Phi) is 5.56. The number of aliphatic carboxylic acids is 1. The van der Waals surface area contributed by atoms with E-state index < -0.39 is 5.97 Å². The van der Waals surface area contributed by atoms with E-state index in [0.717, 1.165) is 25.9 Å². The van der Waals surface area contributed by atoms with Gasteiger partial charge < -0.3 is 14.7 Å². The molecule has 1 saturated heterocycles. The monoisotopic (exact) mass is 258 g/mol. The van der Waals surface area contributed by atoms with Crippen molar-refractivity contribution in [2.75, 3.05) is 40.3 Å². The second-order valence-electron chi connectivity index (χ2n) is 5.97. The van der Waals surface area contributed by atoms with Crippen LogP contribution in [0.15, 0.2) is 0 Å². The molecule has 106 valence electrons. The maximum atomic E-state index is 10.9. The average Bonchev–Trinajstić information content (AvgIpc) is 2.53. The third-order valence-electron chi connectivity index (χ3n) is 3.24. The highest BCUT2D eigenvalue weighted by Crippen LogP contribution is 2.29. The first kappa shape index (κ1) is 15.4. The Hall–Kier alpha value is -0.650. The first-order valence-electron chi connectivity index (χ1n) is 6.55. The van der Waals surface area contributed by atoms with E-state index in [2.05, 4.69) is 18.7 Å². The highest BCUT2D eigenvalue weighted by atomic mass is 16.5. The number of carbonyl (C=O) groups is 1. The molecule has 0 saturated carbocycles. The predicted octanol–water partition coefficient (Wildman–Crippen LogP) is 0.892. The molecule has 0 spiro atoms. The van der Waals surface area contributed by atoms with Crippen molar-refractivity contribution in [2.45, 2.75) is 38.4 Å². The van der Waals surface area contributed by atoms with Crippen molar-refractivity contribution in [3.05, 3.63) is 0 Å². The highest BCUT2D eigenvalue weighted by Gasteiger charge is 2.32. The Morgan fingerprint density at radius 1 is 1.39 bits per heavy atom. The van der Waals surface area contributed by atoms with Crippen LogP contribution in [0.4, 0.5) is 0 Å². The van der Waals surface area contributed by atoms with Gasteiger partial charge in [-0.15, -0.1) is 0 Å². The molecule has 0 aromatic rings. The number of hydrogen-bond acceptors (Lipinski definition) is 4. The molecule has 0 aliphatic carbocycles. The van der Waals surface area contributed by atoms with Gasteiger partial charge in [0.15, 0.2) is 0 Å². The number of ether oxygens (including phenoxy) is 1. The molecular formula is C13H26N2O3. The second-order valence-corrected chi connectivity index (χ2v) is 5.97. The van der Waals surface area contributed by atoms with E-state index in [9.17, 15) is 4.79 Å². The van der Waals surface area contributed by atoms with Crippen LogP contribution < -0.4 is 0 Å². The SMILES string of the molecule is CN(C)CCN(CC(=O)O)CC1CCC(C)(C)O1. The number of carboxylic acid groups (broad SMARTS) is 1. The molecule has 1 aliphatic heterocycles. The molecule has 0 aromatic heterocycles. The number of hydrogen-bond donors (Lipinski definition) is 1. The number of likely N-dealkylation sites (N-methyl/N-ethyl adjacent to an activating group) is 1. The van der Waals surface area contributed by atoms with Crippen molar-refractivity contribution in [3.8, 4) is 0 Å². The fraction of sp³-hybridized carbons (Fsp3) is 0.923. The van der Waals surface area contributed by atoms with Gasteiger partial charge in [-0.2, -0.15) is 0 Å². The quantitative estimate of drug-likeness (QED) is 0.735. The molecule has 1 N–H and O–H groups in total. The topological polar surface area (TPSA) is 53.0 Å². The van der Waals surface area contributed by atoms with Crippen molar-refractivity contribution in [2.24, 2.45) is 0 Å². The van der Waals surface area contributed by atoms with Gasteiger partial charge in [0.2, 0.25) is 0 Å². The standard InChI is InChI=1S/C13H26N2O3/c1-13(2)6-5-11(18-13)9-15(10-12(16)17)8-7-14(3)4/h11H,5-10H2,1-4H3,(H,16,17). The first-order chi connectivity index (χ1) is 8.28. The lowest BCUT2D eigenvalue weighted by Gasteiger charge is -2.26. The van der Waals surface area contributed by atoms with Gasteiger partial charge in [-0.3, -0.25) is 9.69 Å². The van der Waals surface area contributed by atoms with Gasteiger partial charge in [0.05, 0.1) is 18.2 Å². The van der Waals surface area contributed by atoms with Crippen LogP contribution in [0.2, 0.25) is 0 Å². The van der Waals surface area contributed by atoms with Crippen molar-refractivity contribution in [1.82, 2.24) is 9.80 Å². The summed E-state index contributed by atoms with van der Waals surface area (Å²) in [5.41, 5.74) is -0.0545. The van der Waals surface area contributed by atoms with E-state index >= 15 is 0 Å². The number of nitrogens with zero attached hydrogens (tertiary/aromatic N) is 2. The van der Waals surface area contributed by atoms with Gasteiger partial charge in [0, 0.05) is 19.6 Å². The molecule has 1 heterocycles. The zero-order chi connectivity index (χ0) is 13.8. The van der Waals surface area contributed by atoms with Gasteiger partial charge in [0.1, 0.15) is 0 Å². The van der Waals surface area contributed by atoms with Crippen LogP contribution in [0.25, 0.3) is 0 Å². The van der Waals surface area contributed by atoms with E-state index in [1.54, 1.807) is 0 Å². The Labute approximate surface area is 110 Å². The van der Waals surface area contributed by atoms with Crippen LogP contribution in [-0.4, -0.2) is 72.9 Å². The van der Waals surface area contributed by atoms with Crippen LogP contribution in [0.5, 0.6) is 0 Å². The molecule has 1 atom stereocenters. The third-order valence-corrected chi connectivity index (χ3v) is 3.24. The van der Waals surface area contributed by atoms with Crippen molar-refractivity contribution >= 4 is 5.97 Å². The van der Waals surface area contributed by atoms with E-state index in [1.807, 2.05) is 19.0 Å². The van der Waals surface area contributed by atoms with E-state index in [1.165, 1.54) is 0 Å². The van der Waals surface area contributed by atoms with Crippen molar-refractivity contribution in [1.29, 1.82) is 0 Å². The predicted molar refractivity (Wildman–Crippen MR) is 70.8 cm³/mol. The lowest BCUT2D eigenvalue weighted by Crippen LogP contribution is -2.40. The summed E-state index contributed by atoms with van der Waals surface area (Å²) in [5.74, 6) is -0.772. The molecule has 0 amide bonds. The minimum Gasteiger partial charge on any atom is -0.480 e. The molecule has 1 unspecified atom stereocenters. The zero-order valence-electron chi connectivity index (χ0n) is 12.0. The van der Waals surface area contributed by atoms with Gasteiger partial charge >= 0.3 is 5.97 Å². The highest BCUT2D eigenvalue weighted by molar-refractivity contribution is 5.69. The van der Waals surface area contributed by atoms with Gasteiger partial charge in [-0.1, -0.05) is 0 Å². The fourth-order valence-corrected chi connectivity index (χ4v) is 2.26. The maximum absolute atomic E-state index is 10.9. The van der Waals surface area contributed by atoms with Crippen molar-refractivity contribution in [3.63, 3.8) is 0 Å². The van der Waals surface area contributed by atoms with Crippen LogP contribution >= 0.6 is 0 Å². The summed E-state index contributed by atoms with van der Waals surface area (Å²) in [6, 6.07) is 0. The molecule has 18 heavy (non-hydrogen) atoms. The molecule has 5 heteroatoms. The minimum absolute atomic E-state index is 0.0545. The molecule has 1 fully saturated rings. The number of rotatable bonds is 7. The third kappa shape index (κ3) is 5.80. The fourth-order valence-electron chi connectivity index (χ4n) is 2.26. The zero-order valence-corrected chi connectivity index (χ0v) is 12.0. The van der Waals surface area contributed by atoms with Crippen LogP contribution in [0.1, 0.15) is 26.7 Å². The van der Waals surface area contributed by atoms with E-state index in [-0.39, 0.29) is 18.2 Å². The van der Waals surface area contributed by atoms with Gasteiger partial charge in [0.25, 0.3) is 0 Å². The summed E-state index contributed by atoms with van der Waals surface area (Å²) in [6.45, 7) is 6.61. The molecular weight excluding hydrogens is 232 g/mol. The Bertz CT molecular complexity index is 279. The Morgan fingerprint density at radius 3 is 2.50 bits per heavy atom. The van der Waals surface area contributed by atoms with Crippen LogP contribution in [0, 0.1) is 0 Å². The molecule has 0 bridgehead atoms. The molecule has 5 nitrogen and oxygen atoms in total. The van der Waals surface area contributed by atoms with Crippen LogP contribution in [-0.2, 0) is 9.53 Å². The first-order valence-corrected chi connectivity index (χ1v) is 6.55. The second kappa shape index (κ2) is 6.50. The average molecular weight is 258 g/mol. The molecule has 1 rings (SSSR count). The Balaban J connectivity index is 2.43. The molecule has 0 aromatic carbocycles. The normalized spacial score (nSPS) is 22.9. The summed E-state index contributed by atoms with van der Waals surface area (Å²) in [6.07, 6.45) is 2.23. The summed E-state index contributed by atoms with van der Waals surface area (Å²) in [7, 11) is 3.99. The van der Waals surface area contributed by atoms with E-state index in [0.29, 0.717) is 6.54 Å². The molecule has 1 aliphatic rings.